The molecule has 9 heteroatoms. The summed E-state index contributed by atoms with van der Waals surface area (Å²) in [6, 6.07) is 10.6. The second kappa shape index (κ2) is 10.8. The molecule has 1 atom stereocenters. The highest BCUT2D eigenvalue weighted by atomic mass is 32.2. The summed E-state index contributed by atoms with van der Waals surface area (Å²) >= 11 is 0. The Morgan fingerprint density at radius 1 is 1.07 bits per heavy atom. The first-order chi connectivity index (χ1) is 14.2. The molecule has 0 bridgehead atoms. The molecule has 0 saturated heterocycles. The summed E-state index contributed by atoms with van der Waals surface area (Å²) in [5.41, 5.74) is 1.27. The van der Waals surface area contributed by atoms with E-state index in [1.165, 1.54) is 36.4 Å². The van der Waals surface area contributed by atoms with Gasteiger partial charge in [0.1, 0.15) is 5.82 Å². The molecule has 0 aliphatic carbocycles. The van der Waals surface area contributed by atoms with Crippen LogP contribution in [0, 0.1) is 5.82 Å². The van der Waals surface area contributed by atoms with E-state index in [1.54, 1.807) is 12.1 Å². The van der Waals surface area contributed by atoms with Crippen LogP contribution >= 0.6 is 0 Å². The maximum atomic E-state index is 13.2. The van der Waals surface area contributed by atoms with Gasteiger partial charge >= 0.3 is 5.97 Å². The van der Waals surface area contributed by atoms with Gasteiger partial charge in [0.25, 0.3) is 0 Å². The fraction of sp³-hybridized carbons (Fsp3) is 0.333. The molecule has 0 spiro atoms. The molecule has 0 aliphatic rings. The lowest BCUT2D eigenvalue weighted by Gasteiger charge is -2.18. The van der Waals surface area contributed by atoms with Crippen molar-refractivity contribution in [2.45, 2.75) is 32.2 Å². The highest BCUT2D eigenvalue weighted by molar-refractivity contribution is 7.88. The van der Waals surface area contributed by atoms with Gasteiger partial charge in [-0.05, 0) is 48.4 Å². The van der Waals surface area contributed by atoms with E-state index < -0.39 is 33.8 Å². The average Bonchev–Trinajstić information content (AvgIpc) is 2.67. The SMILES string of the molecule is CCCCOC(=O)c1ccc(NC(=O)CC(NS(C)(=O)=O)c2ccc(F)cc2)cc1. The molecule has 162 valence electrons. The number of hydrogen-bond donors (Lipinski definition) is 2. The third kappa shape index (κ3) is 7.92. The molecule has 2 aromatic rings. The Morgan fingerprint density at radius 3 is 2.27 bits per heavy atom. The maximum absolute atomic E-state index is 13.2. The zero-order valence-electron chi connectivity index (χ0n) is 16.9. The van der Waals surface area contributed by atoms with Gasteiger partial charge in [-0.15, -0.1) is 0 Å². The van der Waals surface area contributed by atoms with E-state index in [0.717, 1.165) is 19.1 Å². The number of rotatable bonds is 10. The summed E-state index contributed by atoms with van der Waals surface area (Å²) < 4.78 is 44.0. The Kier molecular flexibility index (Phi) is 8.49. The van der Waals surface area contributed by atoms with Crippen LogP contribution in [0.25, 0.3) is 0 Å². The van der Waals surface area contributed by atoms with Gasteiger partial charge in [-0.3, -0.25) is 4.79 Å². The van der Waals surface area contributed by atoms with Crippen molar-refractivity contribution in [2.75, 3.05) is 18.2 Å². The Balaban J connectivity index is 2.02. The third-order valence-corrected chi connectivity index (χ3v) is 4.87. The van der Waals surface area contributed by atoms with Crippen molar-refractivity contribution < 1.29 is 27.1 Å². The molecule has 0 aliphatic heterocycles. The molecule has 30 heavy (non-hydrogen) atoms. The molecular formula is C21H25FN2O5S. The van der Waals surface area contributed by atoms with Gasteiger partial charge in [0.05, 0.1) is 24.5 Å². The van der Waals surface area contributed by atoms with E-state index in [-0.39, 0.29) is 6.42 Å². The molecule has 0 aromatic heterocycles. The fourth-order valence-corrected chi connectivity index (χ4v) is 3.40. The van der Waals surface area contributed by atoms with Crippen LogP contribution in [0.4, 0.5) is 10.1 Å². The highest BCUT2D eigenvalue weighted by Crippen LogP contribution is 2.20. The van der Waals surface area contributed by atoms with Gasteiger partial charge in [-0.25, -0.2) is 22.3 Å². The molecule has 0 fully saturated rings. The summed E-state index contributed by atoms with van der Waals surface area (Å²) in [7, 11) is -3.60. The number of hydrogen-bond acceptors (Lipinski definition) is 5. The van der Waals surface area contributed by atoms with Crippen LogP contribution < -0.4 is 10.0 Å². The quantitative estimate of drug-likeness (QED) is 0.439. The first kappa shape index (κ1) is 23.5. The van der Waals surface area contributed by atoms with E-state index in [9.17, 15) is 22.4 Å². The van der Waals surface area contributed by atoms with Crippen LogP contribution in [0.15, 0.2) is 48.5 Å². The highest BCUT2D eigenvalue weighted by Gasteiger charge is 2.20. The number of amides is 1. The van der Waals surface area contributed by atoms with E-state index in [4.69, 9.17) is 4.74 Å². The van der Waals surface area contributed by atoms with Crippen molar-refractivity contribution in [3.8, 4) is 0 Å². The van der Waals surface area contributed by atoms with E-state index in [1.807, 2.05) is 6.92 Å². The summed E-state index contributed by atoms with van der Waals surface area (Å²) in [4.78, 5) is 24.3. The van der Waals surface area contributed by atoms with Crippen LogP contribution in [0.5, 0.6) is 0 Å². The van der Waals surface area contributed by atoms with Crippen molar-refractivity contribution in [1.82, 2.24) is 4.72 Å². The fourth-order valence-electron chi connectivity index (χ4n) is 2.66. The summed E-state index contributed by atoms with van der Waals surface area (Å²) in [6.07, 6.45) is 2.50. The summed E-state index contributed by atoms with van der Waals surface area (Å²) in [5.74, 6) is -1.34. The second-order valence-electron chi connectivity index (χ2n) is 6.81. The molecule has 1 amide bonds. The van der Waals surface area contributed by atoms with Crippen molar-refractivity contribution in [3.63, 3.8) is 0 Å². The largest absolute Gasteiger partial charge is 0.462 e. The van der Waals surface area contributed by atoms with Gasteiger partial charge in [0.15, 0.2) is 0 Å². The zero-order valence-corrected chi connectivity index (χ0v) is 17.7. The minimum Gasteiger partial charge on any atom is -0.462 e. The molecule has 0 heterocycles. The van der Waals surface area contributed by atoms with Gasteiger partial charge in [-0.1, -0.05) is 25.5 Å². The van der Waals surface area contributed by atoms with Crippen LogP contribution in [0.3, 0.4) is 0 Å². The smallest absolute Gasteiger partial charge is 0.338 e. The standard InChI is InChI=1S/C21H25FN2O5S/c1-3-4-13-29-21(26)16-7-11-18(12-8-16)23-20(25)14-19(24-30(2,27)28)15-5-9-17(22)10-6-15/h5-12,19,24H,3-4,13-14H2,1-2H3,(H,23,25). The Morgan fingerprint density at radius 2 is 1.70 bits per heavy atom. The first-order valence-corrected chi connectivity index (χ1v) is 11.4. The Labute approximate surface area is 175 Å². The molecule has 2 N–H and O–H groups in total. The van der Waals surface area contributed by atoms with Crippen molar-refractivity contribution in [3.05, 3.63) is 65.5 Å². The monoisotopic (exact) mass is 436 g/mol. The van der Waals surface area contributed by atoms with Crippen LogP contribution in [0.2, 0.25) is 0 Å². The maximum Gasteiger partial charge on any atom is 0.338 e. The molecule has 7 nitrogen and oxygen atoms in total. The van der Waals surface area contributed by atoms with Gasteiger partial charge < -0.3 is 10.1 Å². The van der Waals surface area contributed by atoms with Crippen LogP contribution in [0.1, 0.15) is 48.1 Å². The number of ether oxygens (including phenoxy) is 1. The third-order valence-electron chi connectivity index (χ3n) is 4.15. The normalized spacial score (nSPS) is 12.2. The van der Waals surface area contributed by atoms with Crippen molar-refractivity contribution >= 4 is 27.6 Å². The topological polar surface area (TPSA) is 102 Å². The molecular weight excluding hydrogens is 411 g/mol. The van der Waals surface area contributed by atoms with Crippen LogP contribution in [-0.2, 0) is 19.6 Å². The minimum atomic E-state index is -3.60. The lowest BCUT2D eigenvalue weighted by molar-refractivity contribution is -0.116. The molecule has 1 unspecified atom stereocenters. The van der Waals surface area contributed by atoms with Gasteiger partial charge in [0.2, 0.25) is 15.9 Å². The predicted octanol–water partition coefficient (Wildman–Crippen LogP) is 3.40. The predicted molar refractivity (Wildman–Crippen MR) is 112 cm³/mol. The summed E-state index contributed by atoms with van der Waals surface area (Å²) in [6.45, 7) is 2.35. The number of unbranched alkanes of at least 4 members (excludes halogenated alkanes) is 1. The molecule has 2 rings (SSSR count). The van der Waals surface area contributed by atoms with E-state index >= 15 is 0 Å². The lowest BCUT2D eigenvalue weighted by Crippen LogP contribution is -2.30. The number of sulfonamides is 1. The number of anilines is 1. The summed E-state index contributed by atoms with van der Waals surface area (Å²) in [5, 5.41) is 2.66. The number of nitrogens with one attached hydrogen (secondary N) is 2. The van der Waals surface area contributed by atoms with Gasteiger partial charge in [-0.2, -0.15) is 0 Å². The number of halogens is 1. The Bertz CT molecular complexity index is 960. The van der Waals surface area contributed by atoms with Crippen molar-refractivity contribution in [1.29, 1.82) is 0 Å². The first-order valence-electron chi connectivity index (χ1n) is 9.47. The van der Waals surface area contributed by atoms with Crippen LogP contribution in [-0.4, -0.2) is 33.2 Å². The van der Waals surface area contributed by atoms with E-state index in [2.05, 4.69) is 10.0 Å². The molecule has 0 radical (unpaired) electrons. The number of carbonyl (C=O) groups is 2. The van der Waals surface area contributed by atoms with Crippen molar-refractivity contribution in [2.24, 2.45) is 0 Å². The number of esters is 1. The number of carbonyl (C=O) groups excluding carboxylic acids is 2. The van der Waals surface area contributed by atoms with E-state index in [0.29, 0.717) is 23.4 Å². The molecule has 0 saturated carbocycles. The second-order valence-corrected chi connectivity index (χ2v) is 8.59. The van der Waals surface area contributed by atoms with Gasteiger partial charge in [0, 0.05) is 12.1 Å². The number of benzene rings is 2. The zero-order chi connectivity index (χ0) is 22.1. The lowest BCUT2D eigenvalue weighted by atomic mass is 10.0. The molecule has 2 aromatic carbocycles. The Hall–Kier alpha value is -2.78. The minimum absolute atomic E-state index is 0.195. The average molecular weight is 437 g/mol.